The Morgan fingerprint density at radius 3 is 2.82 bits per heavy atom. The van der Waals surface area contributed by atoms with Crippen LogP contribution in [0.1, 0.15) is 31.7 Å². The van der Waals surface area contributed by atoms with Crippen LogP contribution in [0.4, 0.5) is 4.39 Å². The predicted molar refractivity (Wildman–Crippen MR) is 69.9 cm³/mol. The molecule has 1 saturated carbocycles. The molecule has 1 aromatic rings. The van der Waals surface area contributed by atoms with Gasteiger partial charge < -0.3 is 5.32 Å². The minimum absolute atomic E-state index is 0.228. The Kier molecular flexibility index (Phi) is 4.41. The fourth-order valence-electron chi connectivity index (χ4n) is 2.45. The molecule has 0 spiro atoms. The maximum Gasteiger partial charge on any atom is 0.145 e. The van der Waals surface area contributed by atoms with Crippen molar-refractivity contribution in [3.8, 4) is 0 Å². The molecule has 1 aromatic carbocycles. The molecule has 0 amide bonds. The third kappa shape index (κ3) is 2.99. The van der Waals surface area contributed by atoms with Crippen LogP contribution in [0.3, 0.4) is 0 Å². The van der Waals surface area contributed by atoms with Gasteiger partial charge in [0.15, 0.2) is 0 Å². The zero-order valence-electron chi connectivity index (χ0n) is 10.2. The molecule has 94 valence electrons. The van der Waals surface area contributed by atoms with E-state index in [0.29, 0.717) is 12.0 Å². The van der Waals surface area contributed by atoms with Gasteiger partial charge in [0.25, 0.3) is 0 Å². The van der Waals surface area contributed by atoms with Crippen molar-refractivity contribution in [1.29, 1.82) is 0 Å². The van der Waals surface area contributed by atoms with E-state index in [9.17, 15) is 4.39 Å². The summed E-state index contributed by atoms with van der Waals surface area (Å²) in [7, 11) is 0. The van der Waals surface area contributed by atoms with Gasteiger partial charge in [0.05, 0.1) is 5.02 Å². The average Bonchev–Trinajstić information content (AvgIpc) is 2.22. The lowest BCUT2D eigenvalue weighted by atomic mass is 9.77. The van der Waals surface area contributed by atoms with Crippen molar-refractivity contribution in [3.05, 3.63) is 34.6 Å². The highest BCUT2D eigenvalue weighted by molar-refractivity contribution is 6.30. The molecule has 2 rings (SSSR count). The van der Waals surface area contributed by atoms with Gasteiger partial charge in [0.1, 0.15) is 5.82 Å². The molecule has 1 N–H and O–H groups in total. The van der Waals surface area contributed by atoms with Crippen LogP contribution in [-0.2, 0) is 6.42 Å². The van der Waals surface area contributed by atoms with E-state index in [1.165, 1.54) is 19.3 Å². The molecule has 0 radical (unpaired) electrons. The van der Waals surface area contributed by atoms with E-state index in [1.54, 1.807) is 6.07 Å². The molecule has 1 aliphatic carbocycles. The first-order valence-corrected chi connectivity index (χ1v) is 6.76. The lowest BCUT2D eigenvalue weighted by Crippen LogP contribution is -2.41. The minimum Gasteiger partial charge on any atom is -0.314 e. The summed E-state index contributed by atoms with van der Waals surface area (Å²) < 4.78 is 13.8. The lowest BCUT2D eigenvalue weighted by Gasteiger charge is -2.34. The molecule has 17 heavy (non-hydrogen) atoms. The second-order valence-corrected chi connectivity index (χ2v) is 5.18. The first-order chi connectivity index (χ1) is 8.22. The lowest BCUT2D eigenvalue weighted by molar-refractivity contribution is 0.228. The highest BCUT2D eigenvalue weighted by atomic mass is 35.5. The van der Waals surface area contributed by atoms with E-state index in [-0.39, 0.29) is 10.8 Å². The zero-order valence-corrected chi connectivity index (χ0v) is 10.9. The Bertz CT molecular complexity index is 376. The number of halogens is 2. The SMILES string of the molecule is CCNC(Cc1cccc(Cl)c1F)C1CCC1. The highest BCUT2D eigenvalue weighted by Crippen LogP contribution is 2.32. The van der Waals surface area contributed by atoms with Crippen LogP contribution in [0.5, 0.6) is 0 Å². The Morgan fingerprint density at radius 2 is 2.24 bits per heavy atom. The normalized spacial score (nSPS) is 17.8. The van der Waals surface area contributed by atoms with Crippen LogP contribution in [0.2, 0.25) is 5.02 Å². The molecule has 1 unspecified atom stereocenters. The van der Waals surface area contributed by atoms with Crippen LogP contribution in [0.15, 0.2) is 18.2 Å². The van der Waals surface area contributed by atoms with Gasteiger partial charge in [0, 0.05) is 6.04 Å². The number of hydrogen-bond acceptors (Lipinski definition) is 1. The van der Waals surface area contributed by atoms with Gasteiger partial charge in [0.2, 0.25) is 0 Å². The van der Waals surface area contributed by atoms with Crippen molar-refractivity contribution in [3.63, 3.8) is 0 Å². The number of likely N-dealkylation sites (N-methyl/N-ethyl adjacent to an activating group) is 1. The number of benzene rings is 1. The molecule has 0 bridgehead atoms. The molecule has 0 aliphatic heterocycles. The van der Waals surface area contributed by atoms with Gasteiger partial charge in [-0.15, -0.1) is 0 Å². The van der Waals surface area contributed by atoms with E-state index >= 15 is 0 Å². The van der Waals surface area contributed by atoms with Crippen molar-refractivity contribution < 1.29 is 4.39 Å². The van der Waals surface area contributed by atoms with Crippen molar-refractivity contribution in [2.75, 3.05) is 6.54 Å². The van der Waals surface area contributed by atoms with Gasteiger partial charge in [-0.3, -0.25) is 0 Å². The maximum absolute atomic E-state index is 13.8. The standard InChI is InChI=1S/C14H19ClFN/c1-2-17-13(10-5-3-6-10)9-11-7-4-8-12(15)14(11)16/h4,7-8,10,13,17H,2-3,5-6,9H2,1H3. The molecule has 0 saturated heterocycles. The van der Waals surface area contributed by atoms with Crippen molar-refractivity contribution >= 4 is 11.6 Å². The third-order valence-corrected chi connectivity index (χ3v) is 3.95. The number of rotatable bonds is 5. The summed E-state index contributed by atoms with van der Waals surface area (Å²) in [6, 6.07) is 5.66. The summed E-state index contributed by atoms with van der Waals surface area (Å²) in [4.78, 5) is 0. The largest absolute Gasteiger partial charge is 0.314 e. The maximum atomic E-state index is 13.8. The second-order valence-electron chi connectivity index (χ2n) is 4.77. The summed E-state index contributed by atoms with van der Waals surface area (Å²) in [6.07, 6.45) is 4.58. The van der Waals surface area contributed by atoms with Crippen molar-refractivity contribution in [2.45, 2.75) is 38.6 Å². The summed E-state index contributed by atoms with van der Waals surface area (Å²) in [5.74, 6) is 0.449. The quantitative estimate of drug-likeness (QED) is 0.844. The molecule has 1 aliphatic rings. The summed E-state index contributed by atoms with van der Waals surface area (Å²) >= 11 is 5.81. The molecule has 0 heterocycles. The Hall–Kier alpha value is -0.600. The van der Waals surface area contributed by atoms with E-state index in [4.69, 9.17) is 11.6 Å². The first kappa shape index (κ1) is 12.8. The van der Waals surface area contributed by atoms with Crippen LogP contribution in [0, 0.1) is 11.7 Å². The van der Waals surface area contributed by atoms with Gasteiger partial charge in [-0.1, -0.05) is 37.1 Å². The molecular formula is C14H19ClFN. The Balaban J connectivity index is 2.08. The summed E-state index contributed by atoms with van der Waals surface area (Å²) in [5.41, 5.74) is 0.732. The van der Waals surface area contributed by atoms with Gasteiger partial charge in [-0.25, -0.2) is 4.39 Å². The second kappa shape index (κ2) is 5.83. The van der Waals surface area contributed by atoms with E-state index in [1.807, 2.05) is 12.1 Å². The Morgan fingerprint density at radius 1 is 1.47 bits per heavy atom. The molecule has 3 heteroatoms. The molecule has 1 atom stereocenters. The third-order valence-electron chi connectivity index (χ3n) is 3.66. The van der Waals surface area contributed by atoms with Crippen LogP contribution >= 0.6 is 11.6 Å². The average molecular weight is 256 g/mol. The fraction of sp³-hybridized carbons (Fsp3) is 0.571. The number of hydrogen-bond donors (Lipinski definition) is 1. The number of nitrogens with one attached hydrogen (secondary N) is 1. The predicted octanol–water partition coefficient (Wildman–Crippen LogP) is 3.80. The van der Waals surface area contributed by atoms with Crippen LogP contribution in [-0.4, -0.2) is 12.6 Å². The molecule has 1 nitrogen and oxygen atoms in total. The fourth-order valence-corrected chi connectivity index (χ4v) is 2.65. The van der Waals surface area contributed by atoms with E-state index in [2.05, 4.69) is 12.2 Å². The smallest absolute Gasteiger partial charge is 0.145 e. The highest BCUT2D eigenvalue weighted by Gasteiger charge is 2.27. The van der Waals surface area contributed by atoms with E-state index < -0.39 is 0 Å². The van der Waals surface area contributed by atoms with Crippen molar-refractivity contribution in [1.82, 2.24) is 5.32 Å². The van der Waals surface area contributed by atoms with Crippen LogP contribution < -0.4 is 5.32 Å². The van der Waals surface area contributed by atoms with Gasteiger partial charge >= 0.3 is 0 Å². The first-order valence-electron chi connectivity index (χ1n) is 6.38. The molecular weight excluding hydrogens is 237 g/mol. The molecule has 1 fully saturated rings. The van der Waals surface area contributed by atoms with Gasteiger partial charge in [-0.05, 0) is 43.4 Å². The monoisotopic (exact) mass is 255 g/mol. The van der Waals surface area contributed by atoms with Gasteiger partial charge in [-0.2, -0.15) is 0 Å². The summed E-state index contributed by atoms with van der Waals surface area (Å²) in [6.45, 7) is 3.03. The minimum atomic E-state index is -0.253. The topological polar surface area (TPSA) is 12.0 Å². The van der Waals surface area contributed by atoms with Crippen molar-refractivity contribution in [2.24, 2.45) is 5.92 Å². The Labute approximate surface area is 107 Å². The molecule has 0 aromatic heterocycles. The summed E-state index contributed by atoms with van der Waals surface area (Å²) in [5, 5.41) is 3.70. The van der Waals surface area contributed by atoms with E-state index in [0.717, 1.165) is 18.5 Å². The zero-order chi connectivity index (χ0) is 12.3. The van der Waals surface area contributed by atoms with Crippen LogP contribution in [0.25, 0.3) is 0 Å².